The molecule has 2 aromatic carbocycles. The number of hydrogen-bond acceptors (Lipinski definition) is 2. The molecule has 2 rings (SSSR count). The Morgan fingerprint density at radius 3 is 2.27 bits per heavy atom. The summed E-state index contributed by atoms with van der Waals surface area (Å²) in [5, 5.41) is 2.70. The van der Waals surface area contributed by atoms with Crippen molar-refractivity contribution in [3.8, 4) is 0 Å². The summed E-state index contributed by atoms with van der Waals surface area (Å²) in [6.07, 6.45) is 0.950. The summed E-state index contributed by atoms with van der Waals surface area (Å²) in [6.45, 7) is 2.02. The second kappa shape index (κ2) is 7.41. The summed E-state index contributed by atoms with van der Waals surface area (Å²) in [4.78, 5) is 23.6. The van der Waals surface area contributed by atoms with Crippen LogP contribution in [-0.4, -0.2) is 11.8 Å². The van der Waals surface area contributed by atoms with Crippen molar-refractivity contribution >= 4 is 11.8 Å². The summed E-state index contributed by atoms with van der Waals surface area (Å²) in [6, 6.07) is 16.3. The Balaban J connectivity index is 1.94. The fraction of sp³-hybridized carbons (Fsp3) is 0.222. The third kappa shape index (κ3) is 4.45. The molecule has 4 heteroatoms. The smallest absolute Gasteiger partial charge is 0.244 e. The molecule has 0 spiro atoms. The van der Waals surface area contributed by atoms with E-state index in [2.05, 4.69) is 5.32 Å². The van der Waals surface area contributed by atoms with Gasteiger partial charge in [0, 0.05) is 6.42 Å². The fourth-order valence-corrected chi connectivity index (χ4v) is 2.21. The fourth-order valence-electron chi connectivity index (χ4n) is 2.21. The number of carbonyl (C=O) groups is 2. The van der Waals surface area contributed by atoms with Gasteiger partial charge in [0.2, 0.25) is 11.8 Å². The molecule has 0 aromatic heterocycles. The molecule has 22 heavy (non-hydrogen) atoms. The zero-order valence-corrected chi connectivity index (χ0v) is 12.6. The summed E-state index contributed by atoms with van der Waals surface area (Å²) in [7, 11) is 0. The predicted octanol–water partition coefficient (Wildman–Crippen LogP) is 2.27. The summed E-state index contributed by atoms with van der Waals surface area (Å²) in [5.41, 5.74) is 8.36. The van der Waals surface area contributed by atoms with Gasteiger partial charge in [0.1, 0.15) is 6.04 Å². The van der Waals surface area contributed by atoms with Gasteiger partial charge in [-0.25, -0.2) is 0 Å². The number of nitrogens with two attached hydrogens (primary N) is 1. The van der Waals surface area contributed by atoms with Crippen LogP contribution in [0.1, 0.15) is 29.2 Å². The highest BCUT2D eigenvalue weighted by molar-refractivity contribution is 5.87. The molecule has 0 bridgehead atoms. The van der Waals surface area contributed by atoms with Gasteiger partial charge in [-0.3, -0.25) is 9.59 Å². The highest BCUT2D eigenvalue weighted by atomic mass is 16.2. The highest BCUT2D eigenvalue weighted by Gasteiger charge is 2.19. The van der Waals surface area contributed by atoms with Crippen molar-refractivity contribution in [3.63, 3.8) is 0 Å². The highest BCUT2D eigenvalue weighted by Crippen LogP contribution is 2.12. The number of carbonyl (C=O) groups excluding carboxylic acids is 2. The van der Waals surface area contributed by atoms with E-state index in [0.717, 1.165) is 5.56 Å². The van der Waals surface area contributed by atoms with Crippen molar-refractivity contribution in [2.24, 2.45) is 5.73 Å². The summed E-state index contributed by atoms with van der Waals surface area (Å²) < 4.78 is 0. The normalized spacial score (nSPS) is 11.7. The number of rotatable bonds is 6. The molecule has 0 saturated carbocycles. The molecule has 0 aliphatic carbocycles. The lowest BCUT2D eigenvalue weighted by Gasteiger charge is -2.15. The van der Waals surface area contributed by atoms with Crippen LogP contribution in [0, 0.1) is 6.92 Å². The van der Waals surface area contributed by atoms with E-state index >= 15 is 0 Å². The largest absolute Gasteiger partial charge is 0.368 e. The van der Waals surface area contributed by atoms with Crippen LogP contribution in [0.5, 0.6) is 0 Å². The maximum absolute atomic E-state index is 12.1. The topological polar surface area (TPSA) is 72.2 Å². The van der Waals surface area contributed by atoms with E-state index in [-0.39, 0.29) is 5.91 Å². The van der Waals surface area contributed by atoms with Crippen LogP contribution in [0.15, 0.2) is 54.6 Å². The van der Waals surface area contributed by atoms with Crippen LogP contribution in [0.3, 0.4) is 0 Å². The SMILES string of the molecule is Cc1ccc(CCC(=O)NC(C(N)=O)c2ccccc2)cc1. The average Bonchev–Trinajstić information content (AvgIpc) is 2.52. The molecule has 0 saturated heterocycles. The molecule has 114 valence electrons. The number of benzene rings is 2. The van der Waals surface area contributed by atoms with Crippen LogP contribution >= 0.6 is 0 Å². The van der Waals surface area contributed by atoms with Crippen molar-refractivity contribution in [2.75, 3.05) is 0 Å². The molecule has 0 radical (unpaired) electrons. The standard InChI is InChI=1S/C18H20N2O2/c1-13-7-9-14(10-8-13)11-12-16(21)20-17(18(19)22)15-5-3-2-4-6-15/h2-10,17H,11-12H2,1H3,(H2,19,22)(H,20,21). The lowest BCUT2D eigenvalue weighted by Crippen LogP contribution is -2.37. The van der Waals surface area contributed by atoms with Gasteiger partial charge in [-0.2, -0.15) is 0 Å². The van der Waals surface area contributed by atoms with Gasteiger partial charge in [0.25, 0.3) is 0 Å². The van der Waals surface area contributed by atoms with Crippen molar-refractivity contribution in [1.82, 2.24) is 5.32 Å². The summed E-state index contributed by atoms with van der Waals surface area (Å²) in [5.74, 6) is -0.747. The van der Waals surface area contributed by atoms with Crippen LogP contribution in [0.4, 0.5) is 0 Å². The van der Waals surface area contributed by atoms with Gasteiger partial charge in [0.05, 0.1) is 0 Å². The van der Waals surface area contributed by atoms with Crippen molar-refractivity contribution in [1.29, 1.82) is 0 Å². The molecule has 1 unspecified atom stereocenters. The Bertz CT molecular complexity index is 636. The van der Waals surface area contributed by atoms with E-state index in [4.69, 9.17) is 5.73 Å². The zero-order chi connectivity index (χ0) is 15.9. The monoisotopic (exact) mass is 296 g/mol. The van der Waals surface area contributed by atoms with Gasteiger partial charge < -0.3 is 11.1 Å². The van der Waals surface area contributed by atoms with Gasteiger partial charge >= 0.3 is 0 Å². The van der Waals surface area contributed by atoms with Crippen LogP contribution < -0.4 is 11.1 Å². The minimum absolute atomic E-state index is 0.187. The minimum atomic E-state index is -0.785. The first kappa shape index (κ1) is 15.8. The second-order valence-corrected chi connectivity index (χ2v) is 5.30. The Hall–Kier alpha value is -2.62. The Morgan fingerprint density at radius 2 is 1.68 bits per heavy atom. The van der Waals surface area contributed by atoms with Crippen molar-refractivity contribution in [3.05, 3.63) is 71.3 Å². The van der Waals surface area contributed by atoms with Gasteiger partial charge in [-0.05, 0) is 24.5 Å². The Kier molecular flexibility index (Phi) is 5.31. The number of amides is 2. The molecule has 3 N–H and O–H groups in total. The second-order valence-electron chi connectivity index (χ2n) is 5.30. The van der Waals surface area contributed by atoms with Crippen molar-refractivity contribution in [2.45, 2.75) is 25.8 Å². The predicted molar refractivity (Wildman–Crippen MR) is 86.0 cm³/mol. The van der Waals surface area contributed by atoms with Crippen molar-refractivity contribution < 1.29 is 9.59 Å². The van der Waals surface area contributed by atoms with Crippen LogP contribution in [-0.2, 0) is 16.0 Å². The molecular weight excluding hydrogens is 276 g/mol. The van der Waals surface area contributed by atoms with E-state index in [1.807, 2.05) is 49.4 Å². The van der Waals surface area contributed by atoms with Gasteiger partial charge in [-0.1, -0.05) is 60.2 Å². The van der Waals surface area contributed by atoms with E-state index in [9.17, 15) is 9.59 Å². The molecule has 0 aliphatic rings. The molecule has 1 atom stereocenters. The quantitative estimate of drug-likeness (QED) is 0.858. The first-order chi connectivity index (χ1) is 10.6. The molecule has 0 fully saturated rings. The van der Waals surface area contributed by atoms with E-state index in [0.29, 0.717) is 18.4 Å². The maximum atomic E-state index is 12.1. The zero-order valence-electron chi connectivity index (χ0n) is 12.6. The molecular formula is C18H20N2O2. The molecule has 4 nitrogen and oxygen atoms in total. The molecule has 0 heterocycles. The van der Waals surface area contributed by atoms with Gasteiger partial charge in [0.15, 0.2) is 0 Å². The number of primary amides is 1. The average molecular weight is 296 g/mol. The van der Waals surface area contributed by atoms with Crippen LogP contribution in [0.2, 0.25) is 0 Å². The third-order valence-electron chi connectivity index (χ3n) is 3.48. The van der Waals surface area contributed by atoms with Gasteiger partial charge in [-0.15, -0.1) is 0 Å². The maximum Gasteiger partial charge on any atom is 0.244 e. The van der Waals surface area contributed by atoms with E-state index in [1.165, 1.54) is 5.56 Å². The third-order valence-corrected chi connectivity index (χ3v) is 3.48. The summed E-state index contributed by atoms with van der Waals surface area (Å²) >= 11 is 0. The Morgan fingerprint density at radius 1 is 1.05 bits per heavy atom. The molecule has 2 amide bonds. The minimum Gasteiger partial charge on any atom is -0.368 e. The lowest BCUT2D eigenvalue weighted by molar-refractivity contribution is -0.127. The Labute approximate surface area is 130 Å². The lowest BCUT2D eigenvalue weighted by atomic mass is 10.0. The van der Waals surface area contributed by atoms with E-state index in [1.54, 1.807) is 12.1 Å². The van der Waals surface area contributed by atoms with Crippen LogP contribution in [0.25, 0.3) is 0 Å². The molecule has 2 aromatic rings. The number of nitrogens with one attached hydrogen (secondary N) is 1. The van der Waals surface area contributed by atoms with E-state index < -0.39 is 11.9 Å². The number of aryl methyl sites for hydroxylation is 2. The first-order valence-corrected chi connectivity index (χ1v) is 7.25. The number of hydrogen-bond donors (Lipinski definition) is 2. The first-order valence-electron chi connectivity index (χ1n) is 7.25. The molecule has 0 aliphatic heterocycles.